The van der Waals surface area contributed by atoms with Crippen molar-refractivity contribution >= 4 is 20.7 Å². The van der Waals surface area contributed by atoms with Gasteiger partial charge in [-0.25, -0.2) is 0 Å². The minimum atomic E-state index is -0.650. The van der Waals surface area contributed by atoms with Crippen molar-refractivity contribution in [2.75, 3.05) is 0 Å². The Morgan fingerprint density at radius 1 is 1.00 bits per heavy atom. The molecule has 1 aliphatic rings. The molecule has 1 aliphatic carbocycles. The maximum atomic E-state index is 2.64. The van der Waals surface area contributed by atoms with Crippen LogP contribution in [-0.2, 0) is 20.2 Å². The zero-order valence-corrected chi connectivity index (χ0v) is 16.2. The van der Waals surface area contributed by atoms with Crippen molar-refractivity contribution in [1.29, 1.82) is 0 Å². The van der Waals surface area contributed by atoms with E-state index in [4.69, 9.17) is 0 Å². The number of benzene rings is 1. The summed E-state index contributed by atoms with van der Waals surface area (Å²) in [6, 6.07) is 9.56. The van der Waals surface area contributed by atoms with E-state index >= 15 is 0 Å². The van der Waals surface area contributed by atoms with Crippen LogP contribution in [0.3, 0.4) is 0 Å². The normalized spacial score (nSPS) is 17.8. The first-order valence-electron chi connectivity index (χ1n) is 5.55. The number of hydrogen-bond acceptors (Lipinski definition) is 0. The molecule has 1 aromatic rings. The zero-order valence-electron chi connectivity index (χ0n) is 8.51. The SMILES string of the molecule is [I][Hg][c]1ccc(C2CCCCC2)cc1. The summed E-state index contributed by atoms with van der Waals surface area (Å²) in [5.74, 6) is 0.878. The molecule has 2 rings (SSSR count). The molecule has 0 unspecified atom stereocenters. The van der Waals surface area contributed by atoms with Gasteiger partial charge in [-0.1, -0.05) is 0 Å². The van der Waals surface area contributed by atoms with Crippen molar-refractivity contribution in [3.63, 3.8) is 0 Å². The van der Waals surface area contributed by atoms with E-state index in [1.54, 1.807) is 8.64 Å². The monoisotopic (exact) mass is 488 g/mol. The van der Waals surface area contributed by atoms with E-state index in [2.05, 4.69) is 41.9 Å². The van der Waals surface area contributed by atoms with Crippen molar-refractivity contribution < 1.29 is 20.2 Å². The number of rotatable bonds is 2. The molecule has 72 valence electrons. The van der Waals surface area contributed by atoms with Gasteiger partial charge in [0.2, 0.25) is 0 Å². The second-order valence-electron chi connectivity index (χ2n) is 4.21. The van der Waals surface area contributed by atoms with Crippen LogP contribution in [0, 0.1) is 0 Å². The van der Waals surface area contributed by atoms with Gasteiger partial charge in [0.1, 0.15) is 0 Å². The van der Waals surface area contributed by atoms with Gasteiger partial charge in [-0.2, -0.15) is 0 Å². The summed E-state index contributed by atoms with van der Waals surface area (Å²) in [4.78, 5) is 0. The van der Waals surface area contributed by atoms with E-state index in [-0.39, 0.29) is 0 Å². The molecule has 0 atom stereocenters. The molecule has 0 spiro atoms. The van der Waals surface area contributed by atoms with Gasteiger partial charge in [-0.15, -0.1) is 0 Å². The number of hydrogen-bond donors (Lipinski definition) is 0. The Balaban J connectivity index is 2.07. The van der Waals surface area contributed by atoms with Gasteiger partial charge in [0.25, 0.3) is 0 Å². The molecule has 0 nitrogen and oxygen atoms in total. The quantitative estimate of drug-likeness (QED) is 0.441. The Morgan fingerprint density at radius 2 is 1.64 bits per heavy atom. The van der Waals surface area contributed by atoms with Gasteiger partial charge < -0.3 is 0 Å². The topological polar surface area (TPSA) is 0 Å². The van der Waals surface area contributed by atoms with E-state index in [0.29, 0.717) is 0 Å². The Kier molecular flexibility index (Phi) is 4.74. The maximum absolute atomic E-state index is 2.64. The van der Waals surface area contributed by atoms with Crippen LogP contribution in [0.5, 0.6) is 0 Å². The predicted molar refractivity (Wildman–Crippen MR) is 65.9 cm³/mol. The summed E-state index contributed by atoms with van der Waals surface area (Å²) in [5.41, 5.74) is 1.60. The molecule has 2 heteroatoms. The van der Waals surface area contributed by atoms with Crippen LogP contribution in [0.1, 0.15) is 43.6 Å². The summed E-state index contributed by atoms with van der Waals surface area (Å²) in [5, 5.41) is 0. The summed E-state index contributed by atoms with van der Waals surface area (Å²) in [6.07, 6.45) is 7.19. The second kappa shape index (κ2) is 5.83. The van der Waals surface area contributed by atoms with Crippen LogP contribution in [0.4, 0.5) is 0 Å². The van der Waals surface area contributed by atoms with E-state index in [1.807, 2.05) is 0 Å². The van der Waals surface area contributed by atoms with Gasteiger partial charge in [0, 0.05) is 0 Å². The fourth-order valence-corrected chi connectivity index (χ4v) is 8.39. The van der Waals surface area contributed by atoms with Gasteiger partial charge in [0.15, 0.2) is 0 Å². The fraction of sp³-hybridized carbons (Fsp3) is 0.500. The van der Waals surface area contributed by atoms with Gasteiger partial charge >= 0.3 is 109 Å². The molecule has 0 aromatic heterocycles. The van der Waals surface area contributed by atoms with Crippen molar-refractivity contribution in [2.24, 2.45) is 0 Å². The molecule has 14 heavy (non-hydrogen) atoms. The first kappa shape index (κ1) is 11.4. The molecule has 0 heterocycles. The third kappa shape index (κ3) is 2.94. The molecule has 1 saturated carbocycles. The summed E-state index contributed by atoms with van der Waals surface area (Å²) < 4.78 is 1.67. The average Bonchev–Trinajstić information content (AvgIpc) is 2.30. The molecular formula is C12H15HgI. The Morgan fingerprint density at radius 3 is 2.21 bits per heavy atom. The summed E-state index contributed by atoms with van der Waals surface area (Å²) in [6.45, 7) is 0. The van der Waals surface area contributed by atoms with E-state index in [9.17, 15) is 0 Å². The molecule has 0 bridgehead atoms. The van der Waals surface area contributed by atoms with E-state index in [0.717, 1.165) is 5.92 Å². The van der Waals surface area contributed by atoms with Gasteiger partial charge in [0.05, 0.1) is 0 Å². The predicted octanol–water partition coefficient (Wildman–Crippen LogP) is 3.79. The molecule has 1 fully saturated rings. The molecule has 0 aliphatic heterocycles. The first-order valence-corrected chi connectivity index (χ1v) is 23.8. The van der Waals surface area contributed by atoms with Crippen molar-refractivity contribution in [2.45, 2.75) is 38.0 Å². The molecule has 1 aromatic carbocycles. The van der Waals surface area contributed by atoms with Crippen LogP contribution >= 0.6 is 17.7 Å². The van der Waals surface area contributed by atoms with E-state index < -0.39 is 20.2 Å². The zero-order chi connectivity index (χ0) is 9.80. The third-order valence-corrected chi connectivity index (χ3v) is 14.0. The van der Waals surface area contributed by atoms with Crippen LogP contribution < -0.4 is 3.07 Å². The molecule has 0 radical (unpaired) electrons. The van der Waals surface area contributed by atoms with Crippen LogP contribution in [0.15, 0.2) is 24.3 Å². The van der Waals surface area contributed by atoms with Gasteiger partial charge in [-0.05, 0) is 0 Å². The Labute approximate surface area is 108 Å². The number of halogens is 1. The first-order chi connectivity index (χ1) is 6.90. The van der Waals surface area contributed by atoms with Crippen molar-refractivity contribution in [3.05, 3.63) is 29.8 Å². The molecule has 0 amide bonds. The van der Waals surface area contributed by atoms with Gasteiger partial charge in [-0.3, -0.25) is 0 Å². The van der Waals surface area contributed by atoms with Crippen LogP contribution in [0.2, 0.25) is 0 Å². The second-order valence-corrected chi connectivity index (χ2v) is 15.1. The molecular weight excluding hydrogens is 472 g/mol. The van der Waals surface area contributed by atoms with Crippen molar-refractivity contribution in [3.8, 4) is 0 Å². The Hall–Kier alpha value is 0.885. The third-order valence-electron chi connectivity index (χ3n) is 3.21. The van der Waals surface area contributed by atoms with Crippen LogP contribution in [0.25, 0.3) is 0 Å². The summed E-state index contributed by atoms with van der Waals surface area (Å²) >= 11 is 1.99. The minimum absolute atomic E-state index is 0.650. The van der Waals surface area contributed by atoms with Crippen LogP contribution in [-0.4, -0.2) is 0 Å². The van der Waals surface area contributed by atoms with E-state index in [1.165, 1.54) is 32.1 Å². The standard InChI is InChI=1S/C12H15.Hg.HI/c1-3-7-11(8-4-1)12-9-5-2-6-10-12;;/h5-6,9-11H,1,3-4,7-8H2;;1H/q;+1;/p-1. The van der Waals surface area contributed by atoms with Crippen molar-refractivity contribution in [1.82, 2.24) is 0 Å². The average molecular weight is 487 g/mol. The molecule has 0 N–H and O–H groups in total. The summed E-state index contributed by atoms with van der Waals surface area (Å²) in [7, 11) is 0. The fourth-order valence-electron chi connectivity index (χ4n) is 2.31. The molecule has 0 saturated heterocycles. The Bertz CT molecular complexity index is 275.